The molecule has 1 aromatic heterocycles. The molecule has 0 unspecified atom stereocenters. The number of hydrogen-bond donors (Lipinski definition) is 1. The first-order chi connectivity index (χ1) is 8.36. The Hall–Kier alpha value is -0.900. The zero-order valence-corrected chi connectivity index (χ0v) is 10.9. The van der Waals surface area contributed by atoms with Crippen LogP contribution in [0.25, 0.3) is 0 Å². The summed E-state index contributed by atoms with van der Waals surface area (Å²) in [5, 5.41) is 8.64. The van der Waals surface area contributed by atoms with Gasteiger partial charge in [0, 0.05) is 18.9 Å². The fraction of sp³-hybridized carbons (Fsp3) is 0.846. The summed E-state index contributed by atoms with van der Waals surface area (Å²) >= 11 is 0. The molecule has 0 atom stereocenters. The van der Waals surface area contributed by atoms with E-state index in [0.717, 1.165) is 18.7 Å². The van der Waals surface area contributed by atoms with Crippen molar-refractivity contribution in [2.24, 2.45) is 5.73 Å². The van der Waals surface area contributed by atoms with Crippen molar-refractivity contribution in [2.75, 3.05) is 6.54 Å². The molecule has 96 valence electrons. The van der Waals surface area contributed by atoms with Crippen LogP contribution in [0.4, 0.5) is 0 Å². The van der Waals surface area contributed by atoms with Crippen molar-refractivity contribution in [3.8, 4) is 0 Å². The van der Waals surface area contributed by atoms with E-state index in [2.05, 4.69) is 21.9 Å². The second-order valence-electron chi connectivity index (χ2n) is 5.02. The van der Waals surface area contributed by atoms with E-state index in [1.165, 1.54) is 44.2 Å². The molecule has 17 heavy (non-hydrogen) atoms. The third kappa shape index (κ3) is 2.86. The highest BCUT2D eigenvalue weighted by Gasteiger charge is 2.26. The van der Waals surface area contributed by atoms with Crippen LogP contribution in [0.1, 0.15) is 62.8 Å². The molecule has 0 aromatic carbocycles. The van der Waals surface area contributed by atoms with E-state index in [0.29, 0.717) is 12.5 Å². The summed E-state index contributed by atoms with van der Waals surface area (Å²) < 4.78 is 2.14. The Bertz CT molecular complexity index is 341. The van der Waals surface area contributed by atoms with Gasteiger partial charge in [0.25, 0.3) is 0 Å². The minimum Gasteiger partial charge on any atom is -0.330 e. The normalized spacial score (nSPS) is 16.1. The molecular weight excluding hydrogens is 212 g/mol. The van der Waals surface area contributed by atoms with E-state index in [4.69, 9.17) is 5.73 Å². The van der Waals surface area contributed by atoms with Crippen LogP contribution >= 0.6 is 0 Å². The zero-order valence-electron chi connectivity index (χ0n) is 10.9. The minimum atomic E-state index is 0.674. The number of nitrogens with two attached hydrogens (primary N) is 1. The van der Waals surface area contributed by atoms with Gasteiger partial charge in [0.05, 0.1) is 11.4 Å². The van der Waals surface area contributed by atoms with Crippen molar-refractivity contribution in [1.29, 1.82) is 0 Å². The summed E-state index contributed by atoms with van der Waals surface area (Å²) in [6, 6.07) is 0. The molecule has 0 radical (unpaired) electrons. The predicted molar refractivity (Wildman–Crippen MR) is 68.9 cm³/mol. The molecule has 1 aliphatic rings. The van der Waals surface area contributed by atoms with Gasteiger partial charge in [-0.25, -0.2) is 4.68 Å². The van der Waals surface area contributed by atoms with Crippen LogP contribution in [0.2, 0.25) is 0 Å². The first-order valence-electron chi connectivity index (χ1n) is 6.99. The molecule has 2 N–H and O–H groups in total. The molecule has 1 aromatic rings. The van der Waals surface area contributed by atoms with Crippen LogP contribution in [0.5, 0.6) is 0 Å². The van der Waals surface area contributed by atoms with E-state index in [-0.39, 0.29) is 0 Å². The molecule has 1 fully saturated rings. The maximum absolute atomic E-state index is 5.64. The third-order valence-corrected chi connectivity index (χ3v) is 3.69. The van der Waals surface area contributed by atoms with E-state index in [1.807, 2.05) is 0 Å². The van der Waals surface area contributed by atoms with Crippen LogP contribution in [0.15, 0.2) is 0 Å². The fourth-order valence-electron chi connectivity index (χ4n) is 2.48. The molecular formula is C13H24N4. The van der Waals surface area contributed by atoms with Crippen molar-refractivity contribution in [2.45, 2.75) is 64.3 Å². The summed E-state index contributed by atoms with van der Waals surface area (Å²) in [6.45, 7) is 3.93. The van der Waals surface area contributed by atoms with Crippen LogP contribution in [0.3, 0.4) is 0 Å². The standard InChI is InChI=1S/C13H24N4/c1-2-3-4-10-17-13(11-6-5-7-11)12(8-9-14)15-16-17/h11H,2-10,14H2,1H3. The van der Waals surface area contributed by atoms with Crippen molar-refractivity contribution in [3.05, 3.63) is 11.4 Å². The Morgan fingerprint density at radius 3 is 2.76 bits per heavy atom. The molecule has 0 bridgehead atoms. The largest absolute Gasteiger partial charge is 0.330 e. The van der Waals surface area contributed by atoms with Crippen molar-refractivity contribution in [3.63, 3.8) is 0 Å². The maximum atomic E-state index is 5.64. The molecule has 4 nitrogen and oxygen atoms in total. The van der Waals surface area contributed by atoms with Gasteiger partial charge in [-0.3, -0.25) is 0 Å². The average molecular weight is 236 g/mol. The molecule has 0 aliphatic heterocycles. The molecule has 0 spiro atoms. The molecule has 0 saturated heterocycles. The van der Waals surface area contributed by atoms with Gasteiger partial charge in [0.1, 0.15) is 0 Å². The topological polar surface area (TPSA) is 56.7 Å². The molecule has 1 aliphatic carbocycles. The lowest BCUT2D eigenvalue weighted by molar-refractivity contribution is 0.381. The first kappa shape index (κ1) is 12.6. The predicted octanol–water partition coefficient (Wildman–Crippen LogP) is 2.24. The van der Waals surface area contributed by atoms with Crippen molar-refractivity contribution >= 4 is 0 Å². The zero-order chi connectivity index (χ0) is 12.1. The number of nitrogens with zero attached hydrogens (tertiary/aromatic N) is 3. The average Bonchev–Trinajstić information content (AvgIpc) is 2.62. The van der Waals surface area contributed by atoms with Gasteiger partial charge in [-0.15, -0.1) is 5.10 Å². The van der Waals surface area contributed by atoms with Gasteiger partial charge in [0.2, 0.25) is 0 Å². The SMILES string of the molecule is CCCCCn1nnc(CCN)c1C1CCC1. The summed E-state index contributed by atoms with van der Waals surface area (Å²) in [5.74, 6) is 0.702. The quantitative estimate of drug-likeness (QED) is 0.739. The number of aryl methyl sites for hydroxylation is 1. The van der Waals surface area contributed by atoms with Crippen molar-refractivity contribution < 1.29 is 0 Å². The summed E-state index contributed by atoms with van der Waals surface area (Å²) in [7, 11) is 0. The second-order valence-corrected chi connectivity index (χ2v) is 5.02. The Morgan fingerprint density at radius 2 is 2.18 bits per heavy atom. The van der Waals surface area contributed by atoms with Crippen molar-refractivity contribution in [1.82, 2.24) is 15.0 Å². The number of unbranched alkanes of at least 4 members (excludes halogenated alkanes) is 2. The van der Waals surface area contributed by atoms with E-state index in [1.54, 1.807) is 0 Å². The lowest BCUT2D eigenvalue weighted by Gasteiger charge is -2.26. The molecule has 1 saturated carbocycles. The number of rotatable bonds is 7. The summed E-state index contributed by atoms with van der Waals surface area (Å²) in [6.07, 6.45) is 8.57. The highest BCUT2D eigenvalue weighted by molar-refractivity contribution is 5.18. The van der Waals surface area contributed by atoms with Crippen LogP contribution < -0.4 is 5.73 Å². The third-order valence-electron chi connectivity index (χ3n) is 3.69. The summed E-state index contributed by atoms with van der Waals surface area (Å²) in [4.78, 5) is 0. The van der Waals surface area contributed by atoms with Gasteiger partial charge in [-0.05, 0) is 25.8 Å². The maximum Gasteiger partial charge on any atom is 0.0874 e. The van der Waals surface area contributed by atoms with E-state index < -0.39 is 0 Å². The smallest absolute Gasteiger partial charge is 0.0874 e. The van der Waals surface area contributed by atoms with Crippen LogP contribution in [-0.2, 0) is 13.0 Å². The molecule has 4 heteroatoms. The molecule has 1 heterocycles. The van der Waals surface area contributed by atoms with Crippen LogP contribution in [-0.4, -0.2) is 21.5 Å². The van der Waals surface area contributed by atoms with Crippen LogP contribution in [0, 0.1) is 0 Å². The second kappa shape index (κ2) is 6.15. The molecule has 2 rings (SSSR count). The van der Waals surface area contributed by atoms with Gasteiger partial charge in [-0.2, -0.15) is 0 Å². The highest BCUT2D eigenvalue weighted by atomic mass is 15.4. The summed E-state index contributed by atoms with van der Waals surface area (Å²) in [5.41, 5.74) is 8.18. The lowest BCUT2D eigenvalue weighted by atomic mass is 9.81. The lowest BCUT2D eigenvalue weighted by Crippen LogP contribution is -2.18. The van der Waals surface area contributed by atoms with Gasteiger partial charge >= 0.3 is 0 Å². The number of aromatic nitrogens is 3. The van der Waals surface area contributed by atoms with Gasteiger partial charge in [-0.1, -0.05) is 31.4 Å². The Labute approximate surface area is 104 Å². The highest BCUT2D eigenvalue weighted by Crippen LogP contribution is 2.37. The number of hydrogen-bond acceptors (Lipinski definition) is 3. The Kier molecular flexibility index (Phi) is 4.54. The Morgan fingerprint density at radius 1 is 1.35 bits per heavy atom. The molecule has 0 amide bonds. The monoisotopic (exact) mass is 236 g/mol. The van der Waals surface area contributed by atoms with E-state index in [9.17, 15) is 0 Å². The van der Waals surface area contributed by atoms with E-state index >= 15 is 0 Å². The Balaban J connectivity index is 2.07. The minimum absolute atomic E-state index is 0.674. The van der Waals surface area contributed by atoms with Gasteiger partial charge in [0.15, 0.2) is 0 Å². The first-order valence-corrected chi connectivity index (χ1v) is 6.99. The fourth-order valence-corrected chi connectivity index (χ4v) is 2.48. The van der Waals surface area contributed by atoms with Gasteiger partial charge < -0.3 is 5.73 Å².